The van der Waals surface area contributed by atoms with Gasteiger partial charge in [0.2, 0.25) is 5.91 Å². The second kappa shape index (κ2) is 2.86. The molecule has 0 aromatic carbocycles. The van der Waals surface area contributed by atoms with Crippen LogP contribution in [-0.4, -0.2) is 17.9 Å². The number of carbonyl (C=O) groups is 1. The van der Waals surface area contributed by atoms with Crippen molar-refractivity contribution in [2.45, 2.75) is 6.42 Å². The first-order valence-electron chi connectivity index (χ1n) is 3.71. The summed E-state index contributed by atoms with van der Waals surface area (Å²) in [4.78, 5) is 16.7. The summed E-state index contributed by atoms with van der Waals surface area (Å²) < 4.78 is 0. The average molecular weight is 217 g/mol. The molecule has 3 nitrogen and oxygen atoms in total. The normalized spacial score (nSPS) is 15.0. The van der Waals surface area contributed by atoms with Gasteiger partial charge in [0.1, 0.15) is 10.3 Å². The molecule has 0 fully saturated rings. The number of hydrogen-bond donors (Lipinski definition) is 0. The third-order valence-electron chi connectivity index (χ3n) is 2.08. The fourth-order valence-electron chi connectivity index (χ4n) is 1.37. The first-order chi connectivity index (χ1) is 6.09. The molecule has 0 unspecified atom stereocenters. The summed E-state index contributed by atoms with van der Waals surface area (Å²) >= 11 is 11.5. The van der Waals surface area contributed by atoms with Crippen LogP contribution in [0.5, 0.6) is 0 Å². The minimum atomic E-state index is 0.0148. The molecular formula is C8H6Cl2N2O. The van der Waals surface area contributed by atoms with E-state index in [0.717, 1.165) is 11.3 Å². The van der Waals surface area contributed by atoms with Crippen molar-refractivity contribution in [1.82, 2.24) is 4.98 Å². The molecule has 1 amide bonds. The Balaban J connectivity index is 2.63. The van der Waals surface area contributed by atoms with Gasteiger partial charge in [0, 0.05) is 12.6 Å². The van der Waals surface area contributed by atoms with Gasteiger partial charge in [0.25, 0.3) is 0 Å². The third-order valence-corrected chi connectivity index (χ3v) is 2.59. The molecule has 2 heterocycles. The molecule has 0 N–H and O–H groups in total. The summed E-state index contributed by atoms with van der Waals surface area (Å²) in [5.41, 5.74) is 1.52. The van der Waals surface area contributed by atoms with Crippen LogP contribution in [0.2, 0.25) is 10.3 Å². The monoisotopic (exact) mass is 216 g/mol. The van der Waals surface area contributed by atoms with Crippen molar-refractivity contribution in [3.8, 4) is 0 Å². The number of pyridine rings is 1. The molecule has 1 aromatic heterocycles. The lowest BCUT2D eigenvalue weighted by atomic mass is 10.2. The predicted octanol–water partition coefficient (Wildman–Crippen LogP) is 1.91. The molecule has 13 heavy (non-hydrogen) atoms. The highest BCUT2D eigenvalue weighted by atomic mass is 35.5. The molecule has 0 atom stereocenters. The lowest BCUT2D eigenvalue weighted by Crippen LogP contribution is -2.20. The first-order valence-corrected chi connectivity index (χ1v) is 4.46. The molecule has 5 heteroatoms. The number of carbonyl (C=O) groups excluding carboxylic acids is 1. The summed E-state index contributed by atoms with van der Waals surface area (Å²) in [6.07, 6.45) is 0.314. The van der Waals surface area contributed by atoms with Crippen LogP contribution in [0.3, 0.4) is 0 Å². The van der Waals surface area contributed by atoms with Crippen molar-refractivity contribution >= 4 is 34.8 Å². The van der Waals surface area contributed by atoms with Gasteiger partial charge < -0.3 is 4.90 Å². The summed E-state index contributed by atoms with van der Waals surface area (Å²) in [5, 5.41) is 0.630. The fraction of sp³-hybridized carbons (Fsp3) is 0.250. The van der Waals surface area contributed by atoms with E-state index in [9.17, 15) is 4.79 Å². The van der Waals surface area contributed by atoms with E-state index in [1.165, 1.54) is 4.90 Å². The number of rotatable bonds is 0. The van der Waals surface area contributed by atoms with Crippen LogP contribution in [-0.2, 0) is 11.2 Å². The SMILES string of the molecule is CN1C(=O)Cc2c1cc(Cl)nc2Cl. The van der Waals surface area contributed by atoms with Gasteiger partial charge in [0.15, 0.2) is 0 Å². The van der Waals surface area contributed by atoms with E-state index >= 15 is 0 Å². The number of fused-ring (bicyclic) bond motifs is 1. The maximum absolute atomic E-state index is 11.3. The number of anilines is 1. The lowest BCUT2D eigenvalue weighted by Gasteiger charge is -2.09. The van der Waals surface area contributed by atoms with E-state index < -0.39 is 0 Å². The Hall–Kier alpha value is -0.800. The molecule has 0 spiro atoms. The van der Waals surface area contributed by atoms with Crippen LogP contribution >= 0.6 is 23.2 Å². The maximum atomic E-state index is 11.3. The Labute approximate surface area is 85.3 Å². The summed E-state index contributed by atoms with van der Waals surface area (Å²) in [7, 11) is 1.70. The topological polar surface area (TPSA) is 33.2 Å². The molecule has 1 aliphatic rings. The number of nitrogens with zero attached hydrogens (tertiary/aromatic N) is 2. The Bertz CT molecular complexity index is 392. The van der Waals surface area contributed by atoms with Gasteiger partial charge >= 0.3 is 0 Å². The van der Waals surface area contributed by atoms with Gasteiger partial charge in [-0.1, -0.05) is 23.2 Å². The molecule has 0 aliphatic carbocycles. The Morgan fingerprint density at radius 1 is 1.54 bits per heavy atom. The van der Waals surface area contributed by atoms with E-state index in [0.29, 0.717) is 16.7 Å². The largest absolute Gasteiger partial charge is 0.315 e. The molecule has 1 aliphatic heterocycles. The van der Waals surface area contributed by atoms with Crippen LogP contribution in [0, 0.1) is 0 Å². The number of amides is 1. The van der Waals surface area contributed by atoms with Crippen molar-refractivity contribution in [2.24, 2.45) is 0 Å². The second-order valence-corrected chi connectivity index (χ2v) is 3.61. The molecule has 0 saturated heterocycles. The molecule has 68 valence electrons. The Kier molecular flexibility index (Phi) is 1.93. The average Bonchev–Trinajstić information content (AvgIpc) is 2.32. The molecule has 2 rings (SSSR count). The van der Waals surface area contributed by atoms with Crippen LogP contribution < -0.4 is 4.90 Å². The van der Waals surface area contributed by atoms with Crippen LogP contribution in [0.25, 0.3) is 0 Å². The zero-order valence-corrected chi connectivity index (χ0v) is 8.35. The van der Waals surface area contributed by atoms with E-state index in [-0.39, 0.29) is 5.91 Å². The van der Waals surface area contributed by atoms with E-state index in [1.54, 1.807) is 13.1 Å². The van der Waals surface area contributed by atoms with Gasteiger partial charge in [-0.2, -0.15) is 0 Å². The minimum Gasteiger partial charge on any atom is -0.315 e. The van der Waals surface area contributed by atoms with Crippen molar-refractivity contribution in [1.29, 1.82) is 0 Å². The molecule has 0 radical (unpaired) electrons. The van der Waals surface area contributed by atoms with E-state index in [2.05, 4.69) is 4.98 Å². The lowest BCUT2D eigenvalue weighted by molar-refractivity contribution is -0.117. The molecule has 0 saturated carbocycles. The number of likely N-dealkylation sites (N-methyl/N-ethyl adjacent to an activating group) is 1. The fourth-order valence-corrected chi connectivity index (χ4v) is 1.85. The highest BCUT2D eigenvalue weighted by Gasteiger charge is 2.27. The number of halogens is 2. The predicted molar refractivity (Wildman–Crippen MR) is 51.4 cm³/mol. The van der Waals surface area contributed by atoms with E-state index in [1.807, 2.05) is 0 Å². The van der Waals surface area contributed by atoms with Gasteiger partial charge in [-0.3, -0.25) is 4.79 Å². The smallest absolute Gasteiger partial charge is 0.231 e. The van der Waals surface area contributed by atoms with Crippen LogP contribution in [0.1, 0.15) is 5.56 Å². The summed E-state index contributed by atoms with van der Waals surface area (Å²) in [5.74, 6) is 0.0148. The van der Waals surface area contributed by atoms with Crippen molar-refractivity contribution < 1.29 is 4.79 Å². The molecular weight excluding hydrogens is 211 g/mol. The summed E-state index contributed by atoms with van der Waals surface area (Å²) in [6, 6.07) is 1.65. The molecule has 1 aromatic rings. The quantitative estimate of drug-likeness (QED) is 0.622. The van der Waals surface area contributed by atoms with Gasteiger partial charge in [-0.05, 0) is 6.07 Å². The van der Waals surface area contributed by atoms with Crippen LogP contribution in [0.15, 0.2) is 6.07 Å². The van der Waals surface area contributed by atoms with Crippen LogP contribution in [0.4, 0.5) is 5.69 Å². The highest BCUT2D eigenvalue weighted by molar-refractivity contribution is 6.34. The maximum Gasteiger partial charge on any atom is 0.231 e. The third kappa shape index (κ3) is 1.28. The Morgan fingerprint density at radius 2 is 2.23 bits per heavy atom. The first kappa shape index (κ1) is 8.78. The van der Waals surface area contributed by atoms with Crippen molar-refractivity contribution in [3.05, 3.63) is 21.9 Å². The van der Waals surface area contributed by atoms with Gasteiger partial charge in [-0.25, -0.2) is 4.98 Å². The van der Waals surface area contributed by atoms with Gasteiger partial charge in [-0.15, -0.1) is 0 Å². The Morgan fingerprint density at radius 3 is 2.92 bits per heavy atom. The highest BCUT2D eigenvalue weighted by Crippen LogP contribution is 2.33. The van der Waals surface area contributed by atoms with Crippen molar-refractivity contribution in [3.63, 3.8) is 0 Å². The zero-order chi connectivity index (χ0) is 9.59. The molecule has 0 bridgehead atoms. The standard InChI is InChI=1S/C8H6Cl2N2O/c1-12-5-3-6(9)11-8(10)4(5)2-7(12)13/h3H,2H2,1H3. The summed E-state index contributed by atoms with van der Waals surface area (Å²) in [6.45, 7) is 0. The van der Waals surface area contributed by atoms with Crippen molar-refractivity contribution in [2.75, 3.05) is 11.9 Å². The zero-order valence-electron chi connectivity index (χ0n) is 6.84. The second-order valence-electron chi connectivity index (χ2n) is 2.86. The number of hydrogen-bond acceptors (Lipinski definition) is 2. The minimum absolute atomic E-state index is 0.0148. The van der Waals surface area contributed by atoms with Gasteiger partial charge in [0.05, 0.1) is 12.1 Å². The number of aromatic nitrogens is 1. The van der Waals surface area contributed by atoms with E-state index in [4.69, 9.17) is 23.2 Å².